The third kappa shape index (κ3) is 5.28. The van der Waals surface area contributed by atoms with Gasteiger partial charge in [0.05, 0.1) is 6.54 Å². The van der Waals surface area contributed by atoms with Crippen LogP contribution in [0, 0.1) is 5.92 Å². The van der Waals surface area contributed by atoms with Gasteiger partial charge in [-0.15, -0.1) is 0 Å². The number of carbonyl (C=O) groups is 1. The lowest BCUT2D eigenvalue weighted by Crippen LogP contribution is -2.50. The largest absolute Gasteiger partial charge is 0.460 e. The summed E-state index contributed by atoms with van der Waals surface area (Å²) in [6, 6.07) is 8.44. The molecule has 1 unspecified atom stereocenters. The summed E-state index contributed by atoms with van der Waals surface area (Å²) in [5, 5.41) is 6.16. The van der Waals surface area contributed by atoms with Crippen LogP contribution in [0.3, 0.4) is 0 Å². The summed E-state index contributed by atoms with van der Waals surface area (Å²) in [5.41, 5.74) is 9.02. The van der Waals surface area contributed by atoms with Gasteiger partial charge in [-0.25, -0.2) is 9.80 Å². The Labute approximate surface area is 206 Å². The molecule has 0 saturated carbocycles. The number of carbonyl (C=O) groups excluding carboxylic acids is 1. The highest BCUT2D eigenvalue weighted by molar-refractivity contribution is 5.99. The highest BCUT2D eigenvalue weighted by Crippen LogP contribution is 2.36. The number of amides is 2. The van der Waals surface area contributed by atoms with Crippen LogP contribution in [-0.4, -0.2) is 65.4 Å². The van der Waals surface area contributed by atoms with Crippen LogP contribution in [0.15, 0.2) is 24.3 Å². The van der Waals surface area contributed by atoms with Gasteiger partial charge < -0.3 is 15.2 Å². The molecule has 0 bridgehead atoms. The second-order valence-electron chi connectivity index (χ2n) is 9.68. The number of rotatable bonds is 7. The topological polar surface area (TPSA) is 109 Å². The normalized spacial score (nSPS) is 20.0. The van der Waals surface area contributed by atoms with Crippen LogP contribution in [0.2, 0.25) is 0 Å². The van der Waals surface area contributed by atoms with Crippen molar-refractivity contribution in [2.24, 2.45) is 5.92 Å². The molecule has 0 spiro atoms. The fraction of sp³-hybridized carbons (Fsp3) is 0.560. The first-order valence-corrected chi connectivity index (χ1v) is 12.5. The molecular weight excluding hydrogens is 446 g/mol. The van der Waals surface area contributed by atoms with Crippen LogP contribution in [0.1, 0.15) is 43.7 Å². The average Bonchev–Trinajstić information content (AvgIpc) is 3.36. The number of hydrogen-bond donors (Lipinski definition) is 2. The standard InChI is InChI=1S/C25H35N7O3/c1-17(20-8-12-34-13-9-20)35-24-28-22(26)21-23(29-24)32(30(2)25(33)27-21)16-19-7-5-6-18(14-19)15-31-10-3-4-11-31/h5-7,14,17,20H,3-4,8-13,15-16H2,1-2H3,(H,27,33)(H2,26,28,29). The van der Waals surface area contributed by atoms with Crippen molar-refractivity contribution in [2.75, 3.05) is 49.4 Å². The number of nitrogens with zero attached hydrogens (tertiary/aromatic N) is 5. The molecule has 3 N–H and O–H groups in total. The molecule has 0 radical (unpaired) electrons. The molecule has 1 aromatic carbocycles. The van der Waals surface area contributed by atoms with Crippen molar-refractivity contribution in [2.45, 2.75) is 51.8 Å². The molecule has 35 heavy (non-hydrogen) atoms. The lowest BCUT2D eigenvalue weighted by Gasteiger charge is -2.38. The maximum absolute atomic E-state index is 12.7. The van der Waals surface area contributed by atoms with Crippen molar-refractivity contribution in [1.29, 1.82) is 0 Å². The Morgan fingerprint density at radius 1 is 1.17 bits per heavy atom. The van der Waals surface area contributed by atoms with E-state index in [1.807, 2.05) is 11.9 Å². The minimum atomic E-state index is -0.287. The zero-order chi connectivity index (χ0) is 24.4. The molecule has 188 valence electrons. The van der Waals surface area contributed by atoms with Crippen LogP contribution in [0.4, 0.5) is 22.1 Å². The number of hydrazine groups is 1. The fourth-order valence-electron chi connectivity index (χ4n) is 5.07. The lowest BCUT2D eigenvalue weighted by atomic mass is 9.95. The van der Waals surface area contributed by atoms with Gasteiger partial charge in [0.25, 0.3) is 0 Å². The van der Waals surface area contributed by atoms with E-state index in [1.54, 1.807) is 7.05 Å². The van der Waals surface area contributed by atoms with E-state index < -0.39 is 0 Å². The number of fused-ring (bicyclic) bond motifs is 1. The highest BCUT2D eigenvalue weighted by atomic mass is 16.5. The summed E-state index contributed by atoms with van der Waals surface area (Å²) in [4.78, 5) is 24.2. The number of aromatic nitrogens is 2. The van der Waals surface area contributed by atoms with Crippen molar-refractivity contribution in [3.05, 3.63) is 35.4 Å². The molecule has 2 fully saturated rings. The molecule has 2 aromatic rings. The minimum absolute atomic E-state index is 0.0667. The molecule has 0 aliphatic carbocycles. The van der Waals surface area contributed by atoms with Crippen molar-refractivity contribution >= 4 is 23.4 Å². The van der Waals surface area contributed by atoms with E-state index in [1.165, 1.54) is 23.4 Å². The Balaban J connectivity index is 1.38. The number of nitrogen functional groups attached to an aromatic ring is 1. The number of hydrogen-bond acceptors (Lipinski definition) is 8. The molecule has 1 aromatic heterocycles. The monoisotopic (exact) mass is 481 g/mol. The second kappa shape index (κ2) is 10.2. The van der Waals surface area contributed by atoms with E-state index in [9.17, 15) is 4.79 Å². The first-order valence-electron chi connectivity index (χ1n) is 12.5. The van der Waals surface area contributed by atoms with Crippen LogP contribution in [0.25, 0.3) is 0 Å². The van der Waals surface area contributed by atoms with E-state index in [-0.39, 0.29) is 24.0 Å². The first kappa shape index (κ1) is 23.6. The molecule has 4 heterocycles. The Hall–Kier alpha value is -3.11. The summed E-state index contributed by atoms with van der Waals surface area (Å²) < 4.78 is 11.6. The second-order valence-corrected chi connectivity index (χ2v) is 9.68. The number of ether oxygens (including phenoxy) is 2. The number of benzene rings is 1. The lowest BCUT2D eigenvalue weighted by molar-refractivity contribution is 0.0211. The summed E-state index contributed by atoms with van der Waals surface area (Å²) in [5.74, 6) is 1.10. The number of likely N-dealkylation sites (tertiary alicyclic amines) is 1. The average molecular weight is 482 g/mol. The Morgan fingerprint density at radius 2 is 1.89 bits per heavy atom. The Kier molecular flexibility index (Phi) is 6.92. The third-order valence-corrected chi connectivity index (χ3v) is 7.18. The summed E-state index contributed by atoms with van der Waals surface area (Å²) in [7, 11) is 1.72. The van der Waals surface area contributed by atoms with E-state index in [0.717, 1.165) is 51.3 Å². The molecule has 2 amide bonds. The maximum Gasteiger partial charge on any atom is 0.340 e. The van der Waals surface area contributed by atoms with Gasteiger partial charge in [0.1, 0.15) is 11.8 Å². The van der Waals surface area contributed by atoms with Gasteiger partial charge in [0.15, 0.2) is 11.6 Å². The van der Waals surface area contributed by atoms with Gasteiger partial charge in [-0.1, -0.05) is 24.3 Å². The quantitative estimate of drug-likeness (QED) is 0.620. The molecule has 10 nitrogen and oxygen atoms in total. The first-order chi connectivity index (χ1) is 17.0. The van der Waals surface area contributed by atoms with E-state index in [4.69, 9.17) is 20.2 Å². The molecule has 1 atom stereocenters. The Bertz CT molecular complexity index is 1050. The zero-order valence-electron chi connectivity index (χ0n) is 20.6. The van der Waals surface area contributed by atoms with Crippen LogP contribution < -0.4 is 20.8 Å². The maximum atomic E-state index is 12.7. The molecule has 10 heteroatoms. The van der Waals surface area contributed by atoms with Gasteiger partial charge in [-0.05, 0) is 56.8 Å². The van der Waals surface area contributed by atoms with Gasteiger partial charge in [-0.3, -0.25) is 15.2 Å². The summed E-state index contributed by atoms with van der Waals surface area (Å²) in [6.07, 6.45) is 4.36. The van der Waals surface area contributed by atoms with Crippen molar-refractivity contribution < 1.29 is 14.3 Å². The van der Waals surface area contributed by atoms with Crippen molar-refractivity contribution in [3.63, 3.8) is 0 Å². The SMILES string of the molecule is CC(Oc1nc(N)c2c(n1)N(Cc1cccc(CN3CCCC3)c1)N(C)C(=O)N2)C1CCOCC1. The fourth-order valence-corrected chi connectivity index (χ4v) is 5.07. The molecular formula is C25H35N7O3. The van der Waals surface area contributed by atoms with Gasteiger partial charge >= 0.3 is 12.0 Å². The predicted octanol–water partition coefficient (Wildman–Crippen LogP) is 3.25. The number of nitrogens with two attached hydrogens (primary N) is 1. The van der Waals surface area contributed by atoms with Crippen molar-refractivity contribution in [3.8, 4) is 6.01 Å². The zero-order valence-corrected chi connectivity index (χ0v) is 20.6. The third-order valence-electron chi connectivity index (χ3n) is 7.18. The highest BCUT2D eigenvalue weighted by Gasteiger charge is 2.32. The molecule has 2 saturated heterocycles. The molecule has 5 rings (SSSR count). The van der Waals surface area contributed by atoms with Gasteiger partial charge in [-0.2, -0.15) is 9.97 Å². The van der Waals surface area contributed by atoms with Gasteiger partial charge in [0, 0.05) is 32.7 Å². The van der Waals surface area contributed by atoms with Crippen LogP contribution >= 0.6 is 0 Å². The Morgan fingerprint density at radius 3 is 2.63 bits per heavy atom. The molecule has 3 aliphatic heterocycles. The van der Waals surface area contributed by atoms with Crippen LogP contribution in [0.5, 0.6) is 6.01 Å². The number of nitrogens with one attached hydrogen (secondary N) is 1. The van der Waals surface area contributed by atoms with Gasteiger partial charge in [0.2, 0.25) is 0 Å². The van der Waals surface area contributed by atoms with Crippen LogP contribution in [-0.2, 0) is 17.8 Å². The van der Waals surface area contributed by atoms with E-state index in [2.05, 4.69) is 39.5 Å². The number of anilines is 3. The minimum Gasteiger partial charge on any atom is -0.460 e. The predicted molar refractivity (Wildman–Crippen MR) is 134 cm³/mol. The van der Waals surface area contributed by atoms with E-state index >= 15 is 0 Å². The summed E-state index contributed by atoms with van der Waals surface area (Å²) in [6.45, 7) is 7.23. The molecule has 3 aliphatic rings. The number of urea groups is 1. The van der Waals surface area contributed by atoms with E-state index in [0.29, 0.717) is 24.0 Å². The van der Waals surface area contributed by atoms with Crippen molar-refractivity contribution in [1.82, 2.24) is 19.9 Å². The summed E-state index contributed by atoms with van der Waals surface area (Å²) >= 11 is 0. The smallest absolute Gasteiger partial charge is 0.340 e.